The Morgan fingerprint density at radius 1 is 1.02 bits per heavy atom. The van der Waals surface area contributed by atoms with Crippen LogP contribution in [-0.2, 0) is 17.6 Å². The molecule has 206 valence electrons. The van der Waals surface area contributed by atoms with E-state index in [2.05, 4.69) is 22.8 Å². The van der Waals surface area contributed by atoms with Crippen LogP contribution in [0.15, 0.2) is 54.6 Å². The zero-order valence-electron chi connectivity index (χ0n) is 22.5. The number of aryl methyl sites for hydroxylation is 1. The summed E-state index contributed by atoms with van der Waals surface area (Å²) >= 11 is 8.08. The van der Waals surface area contributed by atoms with Crippen molar-refractivity contribution in [1.29, 1.82) is 0 Å². The lowest BCUT2D eigenvalue weighted by molar-refractivity contribution is -0.134. The van der Waals surface area contributed by atoms with Gasteiger partial charge in [0.1, 0.15) is 0 Å². The third-order valence-corrected chi connectivity index (χ3v) is 9.04. The molecular formula is C30H31ClN6O2S. The summed E-state index contributed by atoms with van der Waals surface area (Å²) in [6, 6.07) is 17.3. The first-order valence-electron chi connectivity index (χ1n) is 13.6. The molecule has 0 aliphatic heterocycles. The molecule has 0 spiro atoms. The first kappa shape index (κ1) is 26.5. The van der Waals surface area contributed by atoms with Crippen molar-refractivity contribution in [1.82, 2.24) is 25.0 Å². The highest BCUT2D eigenvalue weighted by Crippen LogP contribution is 2.44. The maximum Gasteiger partial charge on any atom is 0.321 e. The number of benzene rings is 2. The standard InChI is InChI=1S/C30H31ClN6O2S/c1-36(2)28(38)19-12-6-8-14-22(19)32-29(39)34-30-33-23-17-16-20-25(18-10-4-3-5-11-18)35-37(26(20)27(23)40-30)24-15-9-7-13-21(24)31/h3-5,7,9-11,13,15,19,22H,6,8,12,14,16-17H2,1-2H3,(H2,32,33,34,39)/t19-,22-/m1/s1. The SMILES string of the molecule is CN(C)C(=O)[C@@H]1CCCC[C@H]1NC(=O)Nc1nc2c(s1)-c1c(c(-c3ccccc3)nn1-c1ccccc1Cl)CC2. The van der Waals surface area contributed by atoms with Crippen LogP contribution in [-0.4, -0.2) is 51.7 Å². The number of nitrogens with zero attached hydrogens (tertiary/aromatic N) is 4. The van der Waals surface area contributed by atoms with Gasteiger partial charge in [0.15, 0.2) is 5.13 Å². The van der Waals surface area contributed by atoms with Gasteiger partial charge >= 0.3 is 6.03 Å². The molecular weight excluding hydrogens is 544 g/mol. The number of carbonyl (C=O) groups is 2. The van der Waals surface area contributed by atoms with Crippen LogP contribution in [0.5, 0.6) is 0 Å². The van der Waals surface area contributed by atoms with Crippen LogP contribution in [0.25, 0.3) is 27.5 Å². The number of urea groups is 1. The summed E-state index contributed by atoms with van der Waals surface area (Å²) < 4.78 is 1.92. The van der Waals surface area contributed by atoms with E-state index in [1.165, 1.54) is 11.3 Å². The summed E-state index contributed by atoms with van der Waals surface area (Å²) in [6.45, 7) is 0. The number of amides is 3. The number of rotatable bonds is 5. The minimum Gasteiger partial charge on any atom is -0.349 e. The van der Waals surface area contributed by atoms with E-state index in [0.29, 0.717) is 10.2 Å². The Morgan fingerprint density at radius 3 is 2.55 bits per heavy atom. The molecule has 0 unspecified atom stereocenters. The number of aromatic nitrogens is 3. The molecule has 3 amide bonds. The number of fused-ring (bicyclic) bond motifs is 3. The Balaban J connectivity index is 1.32. The van der Waals surface area contributed by atoms with Gasteiger partial charge < -0.3 is 10.2 Å². The fourth-order valence-corrected chi connectivity index (χ4v) is 7.06. The van der Waals surface area contributed by atoms with Gasteiger partial charge in [0.05, 0.1) is 38.6 Å². The molecule has 1 saturated carbocycles. The Hall–Kier alpha value is -3.69. The van der Waals surface area contributed by atoms with Crippen LogP contribution in [0.4, 0.5) is 9.93 Å². The number of para-hydroxylation sites is 1. The summed E-state index contributed by atoms with van der Waals surface area (Å²) in [6.07, 6.45) is 5.09. The Labute approximate surface area is 242 Å². The molecule has 2 aliphatic carbocycles. The summed E-state index contributed by atoms with van der Waals surface area (Å²) in [4.78, 5) is 33.2. The van der Waals surface area contributed by atoms with Gasteiger partial charge in [-0.3, -0.25) is 10.1 Å². The van der Waals surface area contributed by atoms with Gasteiger partial charge in [-0.05, 0) is 37.8 Å². The number of nitrogens with one attached hydrogen (secondary N) is 2. The van der Waals surface area contributed by atoms with Gasteiger partial charge in [0, 0.05) is 31.3 Å². The number of thiazole rings is 1. The minimum absolute atomic E-state index is 0.0595. The van der Waals surface area contributed by atoms with Crippen molar-refractivity contribution < 1.29 is 9.59 Å². The molecule has 2 N–H and O–H groups in total. The zero-order valence-corrected chi connectivity index (χ0v) is 24.1. The Morgan fingerprint density at radius 2 is 1.77 bits per heavy atom. The summed E-state index contributed by atoms with van der Waals surface area (Å²) in [5.74, 6) is -0.146. The molecule has 1 fully saturated rings. The van der Waals surface area contributed by atoms with E-state index in [4.69, 9.17) is 21.7 Å². The average molecular weight is 575 g/mol. The van der Waals surface area contributed by atoms with Crippen molar-refractivity contribution in [3.8, 4) is 27.5 Å². The van der Waals surface area contributed by atoms with Crippen LogP contribution in [0.3, 0.4) is 0 Å². The maximum atomic E-state index is 13.1. The molecule has 0 radical (unpaired) electrons. The van der Waals surface area contributed by atoms with Crippen molar-refractivity contribution in [3.63, 3.8) is 0 Å². The lowest BCUT2D eigenvalue weighted by atomic mass is 9.83. The van der Waals surface area contributed by atoms with Gasteiger partial charge in [-0.15, -0.1) is 0 Å². The van der Waals surface area contributed by atoms with Gasteiger partial charge in [-0.25, -0.2) is 14.5 Å². The summed E-state index contributed by atoms with van der Waals surface area (Å²) in [7, 11) is 3.53. The van der Waals surface area contributed by atoms with Gasteiger partial charge in [-0.2, -0.15) is 5.10 Å². The topological polar surface area (TPSA) is 92.2 Å². The van der Waals surface area contributed by atoms with Gasteiger partial charge in [0.2, 0.25) is 5.91 Å². The fourth-order valence-electron chi connectivity index (χ4n) is 5.78. The van der Waals surface area contributed by atoms with E-state index < -0.39 is 0 Å². The highest BCUT2D eigenvalue weighted by molar-refractivity contribution is 7.19. The van der Waals surface area contributed by atoms with Crippen LogP contribution < -0.4 is 10.6 Å². The van der Waals surface area contributed by atoms with Crippen molar-refractivity contribution >= 4 is 40.0 Å². The van der Waals surface area contributed by atoms with Gasteiger partial charge in [0.25, 0.3) is 0 Å². The van der Waals surface area contributed by atoms with E-state index >= 15 is 0 Å². The molecule has 40 heavy (non-hydrogen) atoms. The molecule has 4 aromatic rings. The van der Waals surface area contributed by atoms with Gasteiger partial charge in [-0.1, -0.05) is 78.2 Å². The van der Waals surface area contributed by atoms with E-state index in [-0.39, 0.29) is 23.9 Å². The number of anilines is 1. The lowest BCUT2D eigenvalue weighted by Gasteiger charge is -2.32. The number of carbonyl (C=O) groups excluding carboxylic acids is 2. The average Bonchev–Trinajstić information content (AvgIpc) is 3.54. The van der Waals surface area contributed by atoms with E-state index in [0.717, 1.165) is 77.3 Å². The number of hydrogen-bond donors (Lipinski definition) is 2. The minimum atomic E-state index is -0.334. The van der Waals surface area contributed by atoms with Crippen LogP contribution in [0, 0.1) is 5.92 Å². The summed E-state index contributed by atoms with van der Waals surface area (Å²) in [5.41, 5.74) is 5.80. The molecule has 2 aromatic carbocycles. The van der Waals surface area contributed by atoms with Crippen LogP contribution in [0.2, 0.25) is 5.02 Å². The van der Waals surface area contributed by atoms with E-state index in [1.807, 2.05) is 47.1 Å². The molecule has 2 aliphatic rings. The smallest absolute Gasteiger partial charge is 0.321 e. The molecule has 2 heterocycles. The van der Waals surface area contributed by atoms with Crippen molar-refractivity contribution in [2.75, 3.05) is 19.4 Å². The lowest BCUT2D eigenvalue weighted by Crippen LogP contribution is -2.49. The van der Waals surface area contributed by atoms with Crippen LogP contribution in [0.1, 0.15) is 36.9 Å². The second-order valence-corrected chi connectivity index (χ2v) is 11.9. The van der Waals surface area contributed by atoms with Crippen molar-refractivity contribution in [2.24, 2.45) is 5.92 Å². The quantitative estimate of drug-likeness (QED) is 0.297. The molecule has 6 rings (SSSR count). The van der Waals surface area contributed by atoms with E-state index in [1.54, 1.807) is 19.0 Å². The second-order valence-electron chi connectivity index (χ2n) is 10.5. The number of hydrogen-bond acceptors (Lipinski definition) is 5. The highest BCUT2D eigenvalue weighted by atomic mass is 35.5. The maximum absolute atomic E-state index is 13.1. The molecule has 0 saturated heterocycles. The monoisotopic (exact) mass is 574 g/mol. The summed E-state index contributed by atoms with van der Waals surface area (Å²) in [5, 5.41) is 12.2. The molecule has 0 bridgehead atoms. The third-order valence-electron chi connectivity index (χ3n) is 7.70. The fraction of sp³-hybridized carbons (Fsp3) is 0.333. The molecule has 2 atom stereocenters. The first-order valence-corrected chi connectivity index (χ1v) is 14.8. The van der Waals surface area contributed by atoms with Crippen molar-refractivity contribution in [3.05, 3.63) is 70.9 Å². The molecule has 8 nitrogen and oxygen atoms in total. The Bertz CT molecular complexity index is 1560. The zero-order chi connectivity index (χ0) is 27.8. The predicted octanol–water partition coefficient (Wildman–Crippen LogP) is 6.18. The molecule has 10 heteroatoms. The normalized spacial score (nSPS) is 18.0. The third kappa shape index (κ3) is 4.99. The van der Waals surface area contributed by atoms with E-state index in [9.17, 15) is 9.59 Å². The highest BCUT2D eigenvalue weighted by Gasteiger charge is 2.34. The first-order chi connectivity index (χ1) is 19.4. The largest absolute Gasteiger partial charge is 0.349 e. The predicted molar refractivity (Wildman–Crippen MR) is 159 cm³/mol. The van der Waals surface area contributed by atoms with Crippen molar-refractivity contribution in [2.45, 2.75) is 44.6 Å². The second kappa shape index (κ2) is 11.1. The Kier molecular flexibility index (Phi) is 7.33. The van der Waals surface area contributed by atoms with Crippen LogP contribution >= 0.6 is 22.9 Å². The molecule has 2 aromatic heterocycles. The number of halogens is 1.